The molecule has 3 heterocycles. The summed E-state index contributed by atoms with van der Waals surface area (Å²) in [6.07, 6.45) is 0.251. The molecule has 1 aromatic heterocycles. The number of halogens is 2. The molecule has 0 spiro atoms. The first-order valence-electron chi connectivity index (χ1n) is 7.78. The van der Waals surface area contributed by atoms with E-state index in [1.807, 2.05) is 0 Å². The van der Waals surface area contributed by atoms with Crippen LogP contribution in [0.3, 0.4) is 0 Å². The maximum absolute atomic E-state index is 12.7. The van der Waals surface area contributed by atoms with Crippen molar-refractivity contribution in [3.05, 3.63) is 36.6 Å². The van der Waals surface area contributed by atoms with Gasteiger partial charge in [0.2, 0.25) is 0 Å². The van der Waals surface area contributed by atoms with Crippen molar-refractivity contribution in [1.82, 2.24) is 5.32 Å². The van der Waals surface area contributed by atoms with Gasteiger partial charge in [-0.2, -0.15) is 0 Å². The summed E-state index contributed by atoms with van der Waals surface area (Å²) in [6.45, 7) is 1.92. The second-order valence-electron chi connectivity index (χ2n) is 6.33. The van der Waals surface area contributed by atoms with Crippen LogP contribution in [0.15, 0.2) is 15.0 Å². The van der Waals surface area contributed by atoms with E-state index in [1.54, 1.807) is 11.3 Å². The third kappa shape index (κ3) is 2.73. The highest BCUT2D eigenvalue weighted by Gasteiger charge is 2.34. The number of aromatic hydroxyl groups is 1. The van der Waals surface area contributed by atoms with Gasteiger partial charge in [-0.25, -0.2) is 0 Å². The van der Waals surface area contributed by atoms with Crippen molar-refractivity contribution in [2.75, 3.05) is 18.9 Å². The van der Waals surface area contributed by atoms with Gasteiger partial charge in [0.1, 0.15) is 23.5 Å². The number of carbonyl (C=O) groups is 1. The predicted molar refractivity (Wildman–Crippen MR) is 100 cm³/mol. The van der Waals surface area contributed by atoms with E-state index in [4.69, 9.17) is 0 Å². The molecule has 4 N–H and O–H groups in total. The smallest absolute Gasteiger partial charge is 0.256 e. The van der Waals surface area contributed by atoms with Crippen LogP contribution in [0.5, 0.6) is 11.5 Å². The first-order valence-corrected chi connectivity index (χ1v) is 10.2. The van der Waals surface area contributed by atoms with Crippen molar-refractivity contribution in [1.29, 1.82) is 0 Å². The van der Waals surface area contributed by atoms with Crippen molar-refractivity contribution in [2.45, 2.75) is 19.1 Å². The Kier molecular flexibility index (Phi) is 4.22. The number of quaternary nitrogens is 1. The molecule has 6 nitrogen and oxygen atoms in total. The second-order valence-corrected chi connectivity index (χ2v) is 9.08. The molecular weight excluding hydrogens is 474 g/mol. The molecule has 9 heteroatoms. The molecule has 1 aromatic carbocycles. The van der Waals surface area contributed by atoms with Gasteiger partial charge in [-0.3, -0.25) is 4.79 Å². The van der Waals surface area contributed by atoms with E-state index in [2.05, 4.69) is 49.5 Å². The molecule has 0 fully saturated rings. The Hall–Kier alpha value is -1.29. The Morgan fingerprint density at radius 1 is 1.40 bits per heavy atom. The fourth-order valence-electron chi connectivity index (χ4n) is 3.31. The van der Waals surface area contributed by atoms with Crippen molar-refractivity contribution >= 4 is 54.1 Å². The fourth-order valence-corrected chi connectivity index (χ4v) is 5.85. The molecule has 0 radical (unpaired) electrons. The number of anilines is 1. The quantitative estimate of drug-likeness (QED) is 0.489. The number of rotatable bonds is 1. The van der Waals surface area contributed by atoms with Crippen LogP contribution in [-0.2, 0) is 13.0 Å². The summed E-state index contributed by atoms with van der Waals surface area (Å²) in [5.74, 6) is -0.655. The average Bonchev–Trinajstić information content (AvgIpc) is 2.93. The molecule has 0 bridgehead atoms. The van der Waals surface area contributed by atoms with Gasteiger partial charge in [-0.1, -0.05) is 5.75 Å². The van der Waals surface area contributed by atoms with Crippen LogP contribution in [0, 0.1) is 0 Å². The average molecular weight is 489 g/mol. The molecule has 4 rings (SSSR count). The highest BCUT2D eigenvalue weighted by atomic mass is 79.9. The van der Waals surface area contributed by atoms with Crippen molar-refractivity contribution in [2.24, 2.45) is 0 Å². The number of phenols is 1. The maximum atomic E-state index is 12.7. The van der Waals surface area contributed by atoms with Crippen LogP contribution in [-0.4, -0.2) is 24.6 Å². The summed E-state index contributed by atoms with van der Waals surface area (Å²) in [4.78, 5) is 15.4. The second kappa shape index (κ2) is 6.15. The minimum absolute atomic E-state index is 0.0782. The summed E-state index contributed by atoms with van der Waals surface area (Å²) < 4.78 is 0.473. The summed E-state index contributed by atoms with van der Waals surface area (Å²) in [5.41, 5.74) is 2.21. The van der Waals surface area contributed by atoms with E-state index >= 15 is 0 Å². The number of hydrogen-bond acceptors (Lipinski definition) is 5. The number of carbonyl (C=O) groups excluding carboxylic acids is 1. The topological polar surface area (TPSA) is 88.9 Å². The zero-order valence-electron chi connectivity index (χ0n) is 13.2. The fraction of sp³-hybridized carbons (Fsp3) is 0.312. The van der Waals surface area contributed by atoms with Crippen LogP contribution in [0.2, 0.25) is 0 Å². The van der Waals surface area contributed by atoms with Gasteiger partial charge in [-0.05, 0) is 49.1 Å². The lowest BCUT2D eigenvalue weighted by Crippen LogP contribution is -3.08. The molecule has 2 aliphatic rings. The van der Waals surface area contributed by atoms with Gasteiger partial charge in [0, 0.05) is 6.42 Å². The zero-order valence-corrected chi connectivity index (χ0v) is 17.2. The largest absolute Gasteiger partial charge is 0.871 e. The molecule has 25 heavy (non-hydrogen) atoms. The van der Waals surface area contributed by atoms with E-state index in [9.17, 15) is 15.0 Å². The minimum atomic E-state index is -0.633. The number of nitrogens with one attached hydrogen (secondary N) is 3. The number of phenolic OH excluding ortho intramolecular Hbond substituents is 1. The van der Waals surface area contributed by atoms with Crippen LogP contribution < -0.4 is 20.6 Å². The lowest BCUT2D eigenvalue weighted by atomic mass is 10.0. The molecular formula is C16H15Br2N3O3S. The summed E-state index contributed by atoms with van der Waals surface area (Å²) in [7, 11) is 2.15. The third-order valence-electron chi connectivity index (χ3n) is 4.62. The van der Waals surface area contributed by atoms with Crippen molar-refractivity contribution in [3.63, 3.8) is 0 Å². The van der Waals surface area contributed by atoms with E-state index in [-0.39, 0.29) is 21.9 Å². The number of likely N-dealkylation sites (N-methyl/N-ethyl adjacent to an activating group) is 1. The van der Waals surface area contributed by atoms with Crippen LogP contribution in [0.1, 0.15) is 32.5 Å². The molecule has 0 saturated carbocycles. The highest BCUT2D eigenvalue weighted by molar-refractivity contribution is 9.11. The third-order valence-corrected chi connectivity index (χ3v) is 7.13. The number of fused-ring (bicyclic) bond motifs is 3. The van der Waals surface area contributed by atoms with Gasteiger partial charge in [0.05, 0.1) is 33.0 Å². The number of amides is 1. The Labute approximate surface area is 165 Å². The predicted octanol–water partition coefficient (Wildman–Crippen LogP) is 1.48. The van der Waals surface area contributed by atoms with Crippen LogP contribution in [0.25, 0.3) is 0 Å². The van der Waals surface area contributed by atoms with Crippen molar-refractivity contribution in [3.8, 4) is 11.5 Å². The van der Waals surface area contributed by atoms with Crippen LogP contribution >= 0.6 is 43.2 Å². The molecule has 2 atom stereocenters. The first kappa shape index (κ1) is 17.1. The van der Waals surface area contributed by atoms with E-state index in [0.717, 1.165) is 30.1 Å². The Morgan fingerprint density at radius 2 is 2.16 bits per heavy atom. The van der Waals surface area contributed by atoms with Crippen LogP contribution in [0.4, 0.5) is 5.00 Å². The SMILES string of the molecule is C[NH+]1CCc2c(sc3c2C(=O)N[C@@H](c2cc(Br)c(O)c(Br)c2[O-])N3)C1. The van der Waals surface area contributed by atoms with E-state index < -0.39 is 6.17 Å². The summed E-state index contributed by atoms with van der Waals surface area (Å²) in [5, 5.41) is 29.3. The number of benzene rings is 1. The van der Waals surface area contributed by atoms with Gasteiger partial charge < -0.3 is 25.7 Å². The highest BCUT2D eigenvalue weighted by Crippen LogP contribution is 2.44. The van der Waals surface area contributed by atoms with Gasteiger partial charge in [-0.15, -0.1) is 11.3 Å². The molecule has 1 unspecified atom stereocenters. The first-order chi connectivity index (χ1) is 11.9. The molecule has 2 aliphatic heterocycles. The van der Waals surface area contributed by atoms with Crippen molar-refractivity contribution < 1.29 is 19.9 Å². The number of thiophene rings is 1. The maximum Gasteiger partial charge on any atom is 0.256 e. The molecule has 1 amide bonds. The van der Waals surface area contributed by atoms with Gasteiger partial charge in [0.15, 0.2) is 0 Å². The van der Waals surface area contributed by atoms with Gasteiger partial charge >= 0.3 is 0 Å². The Bertz CT molecular complexity index is 899. The molecule has 132 valence electrons. The summed E-state index contributed by atoms with van der Waals surface area (Å²) in [6, 6.07) is 1.54. The molecule has 0 aliphatic carbocycles. The Morgan fingerprint density at radius 3 is 2.92 bits per heavy atom. The number of hydrogen-bond donors (Lipinski definition) is 4. The Balaban J connectivity index is 1.75. The lowest BCUT2D eigenvalue weighted by Gasteiger charge is -2.30. The monoisotopic (exact) mass is 487 g/mol. The molecule has 0 saturated heterocycles. The molecule has 2 aromatic rings. The van der Waals surface area contributed by atoms with Gasteiger partial charge in [0.25, 0.3) is 5.91 Å². The van der Waals surface area contributed by atoms with E-state index in [0.29, 0.717) is 15.6 Å². The lowest BCUT2D eigenvalue weighted by molar-refractivity contribution is -0.895. The standard InChI is InChI=1S/C16H15Br2N3O3S/c1-21-3-2-6-9(5-21)25-16-10(6)15(24)19-14(20-16)7-4-8(17)13(23)11(18)12(7)22/h4,14,20,22-23H,2-3,5H2,1H3,(H,19,24)/t14-/m1/s1. The zero-order chi connectivity index (χ0) is 17.9. The summed E-state index contributed by atoms with van der Waals surface area (Å²) >= 11 is 7.95. The normalized spacial score (nSPS) is 22.0. The minimum Gasteiger partial charge on any atom is -0.871 e. The van der Waals surface area contributed by atoms with E-state index in [1.165, 1.54) is 15.8 Å².